The zero-order valence-corrected chi connectivity index (χ0v) is 19.7. The number of aliphatic imine (C=N–C) groups is 1. The number of hydrogen-bond donors (Lipinski definition) is 2. The molecule has 0 bridgehead atoms. The van der Waals surface area contributed by atoms with Crippen LogP contribution in [0.2, 0.25) is 0 Å². The van der Waals surface area contributed by atoms with E-state index < -0.39 is 10.0 Å². The molecule has 2 N–H and O–H groups in total. The van der Waals surface area contributed by atoms with Crippen molar-refractivity contribution in [3.05, 3.63) is 16.1 Å². The van der Waals surface area contributed by atoms with Crippen LogP contribution in [0.1, 0.15) is 36.6 Å². The van der Waals surface area contributed by atoms with Gasteiger partial charge in [-0.05, 0) is 32.1 Å². The predicted molar refractivity (Wildman–Crippen MR) is 119 cm³/mol. The van der Waals surface area contributed by atoms with Gasteiger partial charge in [0.25, 0.3) is 0 Å². The largest absolute Gasteiger partial charge is 0.357 e. The summed E-state index contributed by atoms with van der Waals surface area (Å²) in [4.78, 5) is 10.3. The zero-order valence-electron chi connectivity index (χ0n) is 15.7. The Bertz CT molecular complexity index is 670. The summed E-state index contributed by atoms with van der Waals surface area (Å²) in [5.41, 5.74) is 0. The average molecular weight is 515 g/mol. The van der Waals surface area contributed by atoms with E-state index >= 15 is 0 Å². The molecule has 2 heterocycles. The van der Waals surface area contributed by atoms with Gasteiger partial charge in [0.1, 0.15) is 5.01 Å². The van der Waals surface area contributed by atoms with Crippen LogP contribution >= 0.6 is 35.3 Å². The molecule has 1 aromatic rings. The summed E-state index contributed by atoms with van der Waals surface area (Å²) in [5, 5.41) is 7.66. The molecule has 1 aliphatic heterocycles. The van der Waals surface area contributed by atoms with E-state index in [1.165, 1.54) is 11.1 Å². The molecule has 1 aromatic heterocycles. The maximum absolute atomic E-state index is 11.6. The van der Waals surface area contributed by atoms with Crippen molar-refractivity contribution in [2.75, 3.05) is 32.4 Å². The van der Waals surface area contributed by atoms with E-state index in [4.69, 9.17) is 0 Å². The van der Waals surface area contributed by atoms with Crippen molar-refractivity contribution >= 4 is 51.3 Å². The number of nitrogens with zero attached hydrogens (tertiary/aromatic N) is 3. The molecule has 0 radical (unpaired) electrons. The quantitative estimate of drug-likeness (QED) is 0.330. The lowest BCUT2D eigenvalue weighted by molar-refractivity contribution is 0.275. The van der Waals surface area contributed by atoms with E-state index in [2.05, 4.69) is 27.5 Å². The third-order valence-electron chi connectivity index (χ3n) is 4.27. The van der Waals surface area contributed by atoms with Gasteiger partial charge in [-0.25, -0.2) is 22.7 Å². The molecule has 150 valence electrons. The van der Waals surface area contributed by atoms with Crippen molar-refractivity contribution in [3.8, 4) is 0 Å². The third kappa shape index (κ3) is 7.65. The predicted octanol–water partition coefficient (Wildman–Crippen LogP) is 2.05. The third-order valence-corrected chi connectivity index (χ3v) is 6.70. The van der Waals surface area contributed by atoms with E-state index in [0.717, 1.165) is 43.3 Å². The van der Waals surface area contributed by atoms with Crippen molar-refractivity contribution in [2.45, 2.75) is 39.7 Å². The molecule has 0 unspecified atom stereocenters. The Hall–Kier alpha value is -0.460. The molecular formula is C16H30IN5O2S2. The highest BCUT2D eigenvalue weighted by Crippen LogP contribution is 2.18. The van der Waals surface area contributed by atoms with Crippen molar-refractivity contribution in [1.29, 1.82) is 0 Å². The standard InChI is InChI=1S/C16H29N5O2S2.HI/c1-4-14-11-18-15(24-14)12-20-16(17-5-2)19-10-13-6-8-21(9-7-13)25(3,22)23;/h11,13H,4-10,12H2,1-3H3,(H2,17,19,20);1H. The highest BCUT2D eigenvalue weighted by molar-refractivity contribution is 14.0. The number of halogens is 1. The second-order valence-corrected chi connectivity index (χ2v) is 9.44. The summed E-state index contributed by atoms with van der Waals surface area (Å²) in [6.07, 6.45) is 5.97. The lowest BCUT2D eigenvalue weighted by Gasteiger charge is -2.30. The van der Waals surface area contributed by atoms with Crippen molar-refractivity contribution in [2.24, 2.45) is 10.9 Å². The summed E-state index contributed by atoms with van der Waals surface area (Å²) in [5.74, 6) is 1.26. The van der Waals surface area contributed by atoms with Crippen LogP contribution in [0.5, 0.6) is 0 Å². The molecule has 1 saturated heterocycles. The number of hydrogen-bond acceptors (Lipinski definition) is 5. The highest BCUT2D eigenvalue weighted by atomic mass is 127. The van der Waals surface area contributed by atoms with E-state index in [1.54, 1.807) is 15.6 Å². The molecule has 2 rings (SSSR count). The second-order valence-electron chi connectivity index (χ2n) is 6.26. The van der Waals surface area contributed by atoms with Crippen LogP contribution in [0.4, 0.5) is 0 Å². The minimum absolute atomic E-state index is 0. The number of piperidine rings is 1. The molecule has 1 aliphatic rings. The molecule has 0 atom stereocenters. The Morgan fingerprint density at radius 1 is 1.35 bits per heavy atom. The van der Waals surface area contributed by atoms with Gasteiger partial charge in [0, 0.05) is 37.3 Å². The lowest BCUT2D eigenvalue weighted by atomic mass is 9.98. The Morgan fingerprint density at radius 2 is 2.04 bits per heavy atom. The summed E-state index contributed by atoms with van der Waals surface area (Å²) >= 11 is 1.71. The molecule has 0 saturated carbocycles. The van der Waals surface area contributed by atoms with Gasteiger partial charge in [0.05, 0.1) is 12.8 Å². The van der Waals surface area contributed by atoms with Crippen molar-refractivity contribution in [1.82, 2.24) is 19.9 Å². The maximum Gasteiger partial charge on any atom is 0.211 e. The first-order valence-corrected chi connectivity index (χ1v) is 11.5. The fourth-order valence-corrected chi connectivity index (χ4v) is 4.42. The molecule has 0 aliphatic carbocycles. The van der Waals surface area contributed by atoms with Gasteiger partial charge in [-0.15, -0.1) is 35.3 Å². The first-order chi connectivity index (χ1) is 11.9. The zero-order chi connectivity index (χ0) is 18.3. The summed E-state index contributed by atoms with van der Waals surface area (Å²) in [6.45, 7) is 7.57. The molecule has 10 heteroatoms. The van der Waals surface area contributed by atoms with Gasteiger partial charge in [0.15, 0.2) is 5.96 Å². The first-order valence-electron chi connectivity index (χ1n) is 8.83. The van der Waals surface area contributed by atoms with E-state index in [-0.39, 0.29) is 24.0 Å². The summed E-state index contributed by atoms with van der Waals surface area (Å²) in [6, 6.07) is 0. The van der Waals surface area contributed by atoms with Gasteiger partial charge < -0.3 is 10.6 Å². The minimum atomic E-state index is -3.06. The maximum atomic E-state index is 11.6. The van der Waals surface area contributed by atoms with Crippen LogP contribution in [0.25, 0.3) is 0 Å². The van der Waals surface area contributed by atoms with Crippen LogP contribution in [0, 0.1) is 5.92 Å². The van der Waals surface area contributed by atoms with E-state index in [9.17, 15) is 8.42 Å². The topological polar surface area (TPSA) is 86.7 Å². The number of nitrogens with one attached hydrogen (secondary N) is 2. The molecule has 1 fully saturated rings. The van der Waals surface area contributed by atoms with Crippen molar-refractivity contribution < 1.29 is 8.42 Å². The number of aromatic nitrogens is 1. The number of thiazole rings is 1. The molecule has 0 amide bonds. The number of aryl methyl sites for hydroxylation is 1. The first kappa shape index (κ1) is 23.6. The molecule has 0 spiro atoms. The van der Waals surface area contributed by atoms with Crippen LogP contribution in [0.15, 0.2) is 11.2 Å². The Morgan fingerprint density at radius 3 is 2.58 bits per heavy atom. The molecule has 7 nitrogen and oxygen atoms in total. The Labute approximate surface area is 178 Å². The van der Waals surface area contributed by atoms with Crippen LogP contribution in [-0.4, -0.2) is 56.1 Å². The van der Waals surface area contributed by atoms with Crippen molar-refractivity contribution in [3.63, 3.8) is 0 Å². The molecule has 0 aromatic carbocycles. The highest BCUT2D eigenvalue weighted by Gasteiger charge is 2.24. The fraction of sp³-hybridized carbons (Fsp3) is 0.750. The molecular weight excluding hydrogens is 485 g/mol. The van der Waals surface area contributed by atoms with Gasteiger partial charge in [0.2, 0.25) is 10.0 Å². The fourth-order valence-electron chi connectivity index (χ4n) is 2.76. The second kappa shape index (κ2) is 11.4. The average Bonchev–Trinajstić information content (AvgIpc) is 3.05. The minimum Gasteiger partial charge on any atom is -0.357 e. The van der Waals surface area contributed by atoms with Crippen LogP contribution < -0.4 is 10.6 Å². The summed E-state index contributed by atoms with van der Waals surface area (Å²) in [7, 11) is -3.06. The summed E-state index contributed by atoms with van der Waals surface area (Å²) < 4.78 is 24.7. The molecule has 26 heavy (non-hydrogen) atoms. The van der Waals surface area contributed by atoms with E-state index in [1.807, 2.05) is 13.1 Å². The lowest BCUT2D eigenvalue weighted by Crippen LogP contribution is -2.44. The SMILES string of the molecule is CCNC(=NCc1ncc(CC)s1)NCC1CCN(S(C)(=O)=O)CC1.I. The van der Waals surface area contributed by atoms with Gasteiger partial charge in [-0.2, -0.15) is 0 Å². The van der Waals surface area contributed by atoms with Crippen LogP contribution in [0.3, 0.4) is 0 Å². The van der Waals surface area contributed by atoms with Gasteiger partial charge in [-0.1, -0.05) is 6.92 Å². The number of sulfonamides is 1. The van der Waals surface area contributed by atoms with Crippen LogP contribution in [-0.2, 0) is 23.0 Å². The number of guanidine groups is 1. The number of rotatable bonds is 7. The normalized spacial score (nSPS) is 17.0. The van der Waals surface area contributed by atoms with Gasteiger partial charge in [-0.3, -0.25) is 0 Å². The monoisotopic (exact) mass is 515 g/mol. The van der Waals surface area contributed by atoms with Gasteiger partial charge >= 0.3 is 0 Å². The smallest absolute Gasteiger partial charge is 0.211 e. The van der Waals surface area contributed by atoms with E-state index in [0.29, 0.717) is 25.6 Å². The Balaban J connectivity index is 0.00000338. The Kier molecular flexibility index (Phi) is 10.3.